The van der Waals surface area contributed by atoms with E-state index in [0.717, 1.165) is 16.3 Å². The molecule has 170 valence electrons. The molecule has 9 nitrogen and oxygen atoms in total. The summed E-state index contributed by atoms with van der Waals surface area (Å²) in [6, 6.07) is 14.6. The van der Waals surface area contributed by atoms with Gasteiger partial charge in [-0.2, -0.15) is 5.10 Å². The van der Waals surface area contributed by atoms with Crippen LogP contribution in [0.1, 0.15) is 31.0 Å². The summed E-state index contributed by atoms with van der Waals surface area (Å²) >= 11 is 1.52. The maximum Gasteiger partial charge on any atom is 0.294 e. The van der Waals surface area contributed by atoms with Crippen molar-refractivity contribution in [2.24, 2.45) is 0 Å². The zero-order valence-corrected chi connectivity index (χ0v) is 19.3. The van der Waals surface area contributed by atoms with Crippen LogP contribution in [0.5, 0.6) is 0 Å². The van der Waals surface area contributed by atoms with E-state index in [9.17, 15) is 14.9 Å². The van der Waals surface area contributed by atoms with Gasteiger partial charge in [0.25, 0.3) is 11.2 Å². The lowest BCUT2D eigenvalue weighted by molar-refractivity contribution is -0.384. The molecule has 0 saturated carbocycles. The Kier molecular flexibility index (Phi) is 5.50. The smallest absolute Gasteiger partial charge is 0.292 e. The molecule has 0 saturated heterocycles. The molecule has 10 heteroatoms. The molecule has 0 spiro atoms. The lowest BCUT2D eigenvalue weighted by Crippen LogP contribution is -2.21. The minimum atomic E-state index is -0.486. The highest BCUT2D eigenvalue weighted by atomic mass is 32.1. The standard InChI is InChI=1S/C24H20N6O3S/c1-15(2)16-7-9-17(10-8-16)23-27-18(13-34-23)12-28-14-25-22-19(24(28)31)11-26-29(22)20-5-3-4-6-21(20)30(32)33/h3-11,13-15H,12H2,1-2H3. The summed E-state index contributed by atoms with van der Waals surface area (Å²) in [5.41, 5.74) is 3.17. The first kappa shape index (κ1) is 21.7. The van der Waals surface area contributed by atoms with Gasteiger partial charge in [0.05, 0.1) is 23.4 Å². The van der Waals surface area contributed by atoms with E-state index >= 15 is 0 Å². The zero-order valence-electron chi connectivity index (χ0n) is 18.5. The Labute approximate surface area is 198 Å². The van der Waals surface area contributed by atoms with Gasteiger partial charge in [-0.3, -0.25) is 19.5 Å². The number of thiazole rings is 1. The maximum atomic E-state index is 13.1. The average Bonchev–Trinajstić information content (AvgIpc) is 3.48. The molecule has 0 unspecified atom stereocenters. The van der Waals surface area contributed by atoms with Crippen LogP contribution in [0.2, 0.25) is 0 Å². The van der Waals surface area contributed by atoms with Gasteiger partial charge in [0.15, 0.2) is 5.65 Å². The molecule has 0 aliphatic carbocycles. The molecule has 2 aromatic carbocycles. The number of nitrogens with zero attached hydrogens (tertiary/aromatic N) is 6. The molecule has 3 aromatic heterocycles. The minimum Gasteiger partial charge on any atom is -0.292 e. The molecule has 5 rings (SSSR count). The highest BCUT2D eigenvalue weighted by molar-refractivity contribution is 7.13. The van der Waals surface area contributed by atoms with E-state index in [1.54, 1.807) is 18.2 Å². The van der Waals surface area contributed by atoms with Crippen molar-refractivity contribution in [3.05, 3.63) is 98.2 Å². The van der Waals surface area contributed by atoms with Crippen LogP contribution in [0.15, 0.2) is 71.2 Å². The fourth-order valence-electron chi connectivity index (χ4n) is 3.73. The van der Waals surface area contributed by atoms with Crippen molar-refractivity contribution in [3.63, 3.8) is 0 Å². The third-order valence-corrected chi connectivity index (χ3v) is 6.51. The number of nitro groups is 1. The van der Waals surface area contributed by atoms with Gasteiger partial charge < -0.3 is 0 Å². The van der Waals surface area contributed by atoms with Crippen LogP contribution in [0.3, 0.4) is 0 Å². The van der Waals surface area contributed by atoms with Crippen molar-refractivity contribution in [2.75, 3.05) is 0 Å². The molecule has 0 fully saturated rings. The molecule has 0 N–H and O–H groups in total. The molecular weight excluding hydrogens is 452 g/mol. The van der Waals surface area contributed by atoms with Crippen LogP contribution in [-0.4, -0.2) is 29.2 Å². The summed E-state index contributed by atoms with van der Waals surface area (Å²) < 4.78 is 2.79. The number of para-hydroxylation sites is 2. The summed E-state index contributed by atoms with van der Waals surface area (Å²) in [4.78, 5) is 33.1. The Hall–Kier alpha value is -4.18. The third-order valence-electron chi connectivity index (χ3n) is 5.57. The molecule has 0 bridgehead atoms. The van der Waals surface area contributed by atoms with E-state index in [-0.39, 0.29) is 34.5 Å². The second kappa shape index (κ2) is 8.64. The van der Waals surface area contributed by atoms with Crippen molar-refractivity contribution >= 4 is 28.1 Å². The van der Waals surface area contributed by atoms with Crippen LogP contribution in [-0.2, 0) is 6.54 Å². The average molecular weight is 473 g/mol. The number of aromatic nitrogens is 5. The van der Waals surface area contributed by atoms with Crippen LogP contribution in [0, 0.1) is 10.1 Å². The van der Waals surface area contributed by atoms with E-state index in [0.29, 0.717) is 5.92 Å². The number of fused-ring (bicyclic) bond motifs is 1. The van der Waals surface area contributed by atoms with Crippen LogP contribution < -0.4 is 5.56 Å². The van der Waals surface area contributed by atoms with E-state index < -0.39 is 4.92 Å². The number of benzene rings is 2. The number of hydrogen-bond acceptors (Lipinski definition) is 7. The largest absolute Gasteiger partial charge is 0.294 e. The molecular formula is C24H20N6O3S. The minimum absolute atomic E-state index is 0.116. The summed E-state index contributed by atoms with van der Waals surface area (Å²) in [7, 11) is 0. The second-order valence-corrected chi connectivity index (χ2v) is 9.00. The van der Waals surface area contributed by atoms with Crippen molar-refractivity contribution in [1.82, 2.24) is 24.3 Å². The third kappa shape index (κ3) is 3.88. The van der Waals surface area contributed by atoms with E-state index in [1.807, 2.05) is 5.38 Å². The predicted octanol–water partition coefficient (Wildman–Crippen LogP) is 4.79. The van der Waals surface area contributed by atoms with Crippen molar-refractivity contribution in [1.29, 1.82) is 0 Å². The van der Waals surface area contributed by atoms with Gasteiger partial charge in [-0.05, 0) is 17.5 Å². The molecule has 0 aliphatic rings. The summed E-state index contributed by atoms with van der Waals surface area (Å²) in [5, 5.41) is 18.7. The Bertz CT molecular complexity index is 1570. The first-order valence-electron chi connectivity index (χ1n) is 10.6. The SMILES string of the molecule is CC(C)c1ccc(-c2nc(Cn3cnc4c(cnn4-c4ccccc4[N+](=O)[O-])c3=O)cs2)cc1. The van der Waals surface area contributed by atoms with Crippen molar-refractivity contribution in [2.45, 2.75) is 26.3 Å². The lowest BCUT2D eigenvalue weighted by Gasteiger charge is -2.06. The summed E-state index contributed by atoms with van der Waals surface area (Å²) in [6.45, 7) is 4.58. The number of hydrogen-bond donors (Lipinski definition) is 0. The number of rotatable bonds is 6. The van der Waals surface area contributed by atoms with Crippen LogP contribution in [0.4, 0.5) is 5.69 Å². The quantitative estimate of drug-likeness (QED) is 0.260. The van der Waals surface area contributed by atoms with Gasteiger partial charge in [0.1, 0.15) is 22.4 Å². The monoisotopic (exact) mass is 472 g/mol. The molecule has 3 heterocycles. The Morgan fingerprint density at radius 3 is 2.62 bits per heavy atom. The fourth-order valence-corrected chi connectivity index (χ4v) is 4.55. The highest BCUT2D eigenvalue weighted by Gasteiger charge is 2.19. The first-order chi connectivity index (χ1) is 16.4. The predicted molar refractivity (Wildman–Crippen MR) is 131 cm³/mol. The van der Waals surface area contributed by atoms with E-state index in [2.05, 4.69) is 48.2 Å². The molecule has 5 aromatic rings. The van der Waals surface area contributed by atoms with Crippen LogP contribution in [0.25, 0.3) is 27.3 Å². The molecule has 0 amide bonds. The molecule has 0 aliphatic heterocycles. The lowest BCUT2D eigenvalue weighted by atomic mass is 10.0. The second-order valence-electron chi connectivity index (χ2n) is 8.14. The maximum absolute atomic E-state index is 13.1. The highest BCUT2D eigenvalue weighted by Crippen LogP contribution is 2.27. The Morgan fingerprint density at radius 2 is 1.88 bits per heavy atom. The van der Waals surface area contributed by atoms with Crippen molar-refractivity contribution < 1.29 is 4.92 Å². The van der Waals surface area contributed by atoms with Gasteiger partial charge >= 0.3 is 0 Å². The summed E-state index contributed by atoms with van der Waals surface area (Å²) in [6.07, 6.45) is 2.81. The van der Waals surface area contributed by atoms with E-state index in [1.165, 1.54) is 44.7 Å². The van der Waals surface area contributed by atoms with Gasteiger partial charge in [-0.15, -0.1) is 11.3 Å². The van der Waals surface area contributed by atoms with Crippen LogP contribution >= 0.6 is 11.3 Å². The molecule has 0 radical (unpaired) electrons. The van der Waals surface area contributed by atoms with Gasteiger partial charge in [0, 0.05) is 17.0 Å². The van der Waals surface area contributed by atoms with Gasteiger partial charge in [-0.25, -0.2) is 14.6 Å². The van der Waals surface area contributed by atoms with Gasteiger partial charge in [0.2, 0.25) is 0 Å². The Morgan fingerprint density at radius 1 is 1.12 bits per heavy atom. The Balaban J connectivity index is 1.45. The summed E-state index contributed by atoms with van der Waals surface area (Å²) in [5.74, 6) is 0.465. The first-order valence-corrected chi connectivity index (χ1v) is 11.5. The van der Waals surface area contributed by atoms with Crippen molar-refractivity contribution in [3.8, 4) is 16.3 Å². The topological polar surface area (TPSA) is 109 Å². The molecule has 0 atom stereocenters. The normalized spacial score (nSPS) is 11.4. The zero-order chi connectivity index (χ0) is 23.8. The number of nitro benzene ring substituents is 1. The van der Waals surface area contributed by atoms with E-state index in [4.69, 9.17) is 4.98 Å². The van der Waals surface area contributed by atoms with Gasteiger partial charge in [-0.1, -0.05) is 50.2 Å². The fraction of sp³-hybridized carbons (Fsp3) is 0.167. The molecule has 34 heavy (non-hydrogen) atoms.